The normalized spacial score (nSPS) is 10.9. The maximum Gasteiger partial charge on any atom is 0.307 e. The minimum absolute atomic E-state index is 0.120. The number of benzene rings is 3. The fourth-order valence-electron chi connectivity index (χ4n) is 3.28. The van der Waals surface area contributed by atoms with E-state index in [0.717, 1.165) is 10.9 Å². The van der Waals surface area contributed by atoms with Crippen LogP contribution in [0.1, 0.15) is 34.2 Å². The number of nitrogens with zero attached hydrogens (tertiary/aromatic N) is 2. The van der Waals surface area contributed by atoms with Crippen LogP contribution in [0.3, 0.4) is 0 Å². The van der Waals surface area contributed by atoms with E-state index in [0.29, 0.717) is 44.3 Å². The highest BCUT2D eigenvalue weighted by Crippen LogP contribution is 2.34. The summed E-state index contributed by atoms with van der Waals surface area (Å²) >= 11 is 9.49. The maximum absolute atomic E-state index is 12.4. The third-order valence-electron chi connectivity index (χ3n) is 4.96. The molecule has 0 saturated heterocycles. The molecule has 0 atom stereocenters. The molecule has 35 heavy (non-hydrogen) atoms. The van der Waals surface area contributed by atoms with Gasteiger partial charge >= 0.3 is 5.91 Å². The quantitative estimate of drug-likeness (QED) is 0.200. The molecule has 4 rings (SSSR count). The number of nitriles is 1. The highest BCUT2D eigenvalue weighted by molar-refractivity contribution is 9.10. The van der Waals surface area contributed by atoms with Gasteiger partial charge in [-0.25, -0.2) is 5.43 Å². The number of halogens is 2. The Balaban J connectivity index is 1.48. The van der Waals surface area contributed by atoms with Crippen LogP contribution in [0.25, 0.3) is 11.0 Å². The molecule has 0 radical (unpaired) electrons. The molecule has 4 aromatic rings. The number of hydrogen-bond acceptors (Lipinski definition) is 6. The Labute approximate surface area is 215 Å². The van der Waals surface area contributed by atoms with E-state index >= 15 is 0 Å². The van der Waals surface area contributed by atoms with Crippen LogP contribution >= 0.6 is 27.5 Å². The molecule has 1 aromatic heterocycles. The number of hydrogen-bond donors (Lipinski definition) is 1. The molecular formula is C26H19BrClN3O4. The smallest absolute Gasteiger partial charge is 0.307 e. The first-order valence-corrected chi connectivity index (χ1v) is 11.7. The summed E-state index contributed by atoms with van der Waals surface area (Å²) < 4.78 is 17.9. The van der Waals surface area contributed by atoms with Crippen molar-refractivity contribution in [3.05, 3.63) is 92.6 Å². The highest BCUT2D eigenvalue weighted by atomic mass is 79.9. The predicted molar refractivity (Wildman–Crippen MR) is 137 cm³/mol. The van der Waals surface area contributed by atoms with Crippen LogP contribution in [0.5, 0.6) is 11.5 Å². The molecule has 0 aliphatic carbocycles. The SMILES string of the molecule is CCOc1cc(/C=N/NC(=O)c2cc3cc(Cl)ccc3o2)c(Br)cc1OCc1ccccc1C#N. The first-order valence-electron chi connectivity index (χ1n) is 10.6. The van der Waals surface area contributed by atoms with Crippen LogP contribution in [-0.2, 0) is 6.61 Å². The summed E-state index contributed by atoms with van der Waals surface area (Å²) in [5.74, 6) is 0.640. The molecule has 0 unspecified atom stereocenters. The zero-order valence-electron chi connectivity index (χ0n) is 18.5. The van der Waals surface area contributed by atoms with Crippen molar-refractivity contribution in [3.8, 4) is 17.6 Å². The summed E-state index contributed by atoms with van der Waals surface area (Å²) in [6.07, 6.45) is 1.48. The maximum atomic E-state index is 12.4. The fourth-order valence-corrected chi connectivity index (χ4v) is 3.89. The molecule has 9 heteroatoms. The minimum Gasteiger partial charge on any atom is -0.490 e. The first kappa shape index (κ1) is 24.3. The molecule has 1 amide bonds. The van der Waals surface area contributed by atoms with Gasteiger partial charge in [0.15, 0.2) is 17.3 Å². The summed E-state index contributed by atoms with van der Waals surface area (Å²) in [5.41, 5.74) is 5.00. The Morgan fingerprint density at radius 2 is 1.97 bits per heavy atom. The summed E-state index contributed by atoms with van der Waals surface area (Å²) in [6, 6.07) is 19.6. The highest BCUT2D eigenvalue weighted by Gasteiger charge is 2.14. The van der Waals surface area contributed by atoms with E-state index in [1.807, 2.05) is 19.1 Å². The number of furan rings is 1. The topological polar surface area (TPSA) is 96.8 Å². The minimum atomic E-state index is -0.495. The molecule has 0 bridgehead atoms. The number of ether oxygens (including phenoxy) is 2. The number of carbonyl (C=O) groups excluding carboxylic acids is 1. The number of fused-ring (bicyclic) bond motifs is 1. The van der Waals surface area contributed by atoms with E-state index in [1.54, 1.807) is 48.5 Å². The Kier molecular flexibility index (Phi) is 7.70. The van der Waals surface area contributed by atoms with Gasteiger partial charge in [0.2, 0.25) is 0 Å². The average Bonchev–Trinajstić information content (AvgIpc) is 3.28. The van der Waals surface area contributed by atoms with Gasteiger partial charge in [-0.3, -0.25) is 4.79 Å². The lowest BCUT2D eigenvalue weighted by Crippen LogP contribution is -2.16. The van der Waals surface area contributed by atoms with Crippen molar-refractivity contribution in [2.75, 3.05) is 6.61 Å². The number of amides is 1. The fraction of sp³-hybridized carbons (Fsp3) is 0.115. The summed E-state index contributed by atoms with van der Waals surface area (Å²) in [4.78, 5) is 12.4. The summed E-state index contributed by atoms with van der Waals surface area (Å²) in [7, 11) is 0. The standard InChI is InChI=1S/C26H19BrClN3O4/c1-2-33-23-11-19(21(27)12-24(23)34-15-17-6-4-3-5-16(17)13-29)14-30-31-26(32)25-10-18-9-20(28)7-8-22(18)35-25/h3-12,14H,2,15H2,1H3,(H,31,32)/b30-14+. The molecule has 0 spiro atoms. The first-order chi connectivity index (χ1) is 17.0. The number of carbonyl (C=O) groups is 1. The van der Waals surface area contributed by atoms with E-state index in [-0.39, 0.29) is 12.4 Å². The van der Waals surface area contributed by atoms with E-state index in [9.17, 15) is 10.1 Å². The van der Waals surface area contributed by atoms with Gasteiger partial charge in [0, 0.05) is 26.0 Å². The van der Waals surface area contributed by atoms with Crippen LogP contribution in [0.2, 0.25) is 5.02 Å². The van der Waals surface area contributed by atoms with Gasteiger partial charge in [0.1, 0.15) is 12.2 Å². The van der Waals surface area contributed by atoms with Gasteiger partial charge < -0.3 is 13.9 Å². The second kappa shape index (κ2) is 11.1. The predicted octanol–water partition coefficient (Wildman–Crippen LogP) is 6.46. The lowest BCUT2D eigenvalue weighted by atomic mass is 10.1. The second-order valence-corrected chi connectivity index (χ2v) is 8.59. The molecule has 7 nitrogen and oxygen atoms in total. The summed E-state index contributed by atoms with van der Waals surface area (Å²) in [6.45, 7) is 2.50. The van der Waals surface area contributed by atoms with Crippen LogP contribution in [0.4, 0.5) is 0 Å². The van der Waals surface area contributed by atoms with Gasteiger partial charge in [0.05, 0.1) is 24.5 Å². The van der Waals surface area contributed by atoms with Crippen LogP contribution in [0.15, 0.2) is 74.7 Å². The largest absolute Gasteiger partial charge is 0.490 e. The van der Waals surface area contributed by atoms with Gasteiger partial charge in [-0.2, -0.15) is 10.4 Å². The monoisotopic (exact) mass is 551 g/mol. The van der Waals surface area contributed by atoms with Crippen molar-refractivity contribution in [3.63, 3.8) is 0 Å². The van der Waals surface area contributed by atoms with Crippen molar-refractivity contribution in [1.29, 1.82) is 5.26 Å². The molecule has 0 aliphatic rings. The third kappa shape index (κ3) is 5.83. The van der Waals surface area contributed by atoms with Crippen LogP contribution < -0.4 is 14.9 Å². The van der Waals surface area contributed by atoms with Crippen molar-refractivity contribution in [1.82, 2.24) is 5.43 Å². The molecule has 0 fully saturated rings. The number of rotatable bonds is 8. The third-order valence-corrected chi connectivity index (χ3v) is 5.88. The van der Waals surface area contributed by atoms with Crippen LogP contribution in [0, 0.1) is 11.3 Å². The zero-order chi connectivity index (χ0) is 24.8. The van der Waals surface area contributed by atoms with Crippen molar-refractivity contribution < 1.29 is 18.7 Å². The summed E-state index contributed by atoms with van der Waals surface area (Å²) in [5, 5.41) is 14.6. The molecule has 0 aliphatic heterocycles. The Hall–Kier alpha value is -3.80. The van der Waals surface area contributed by atoms with E-state index in [2.05, 4.69) is 32.5 Å². The lowest BCUT2D eigenvalue weighted by molar-refractivity contribution is 0.0929. The Bertz CT molecular complexity index is 1460. The average molecular weight is 553 g/mol. The Morgan fingerprint density at radius 1 is 1.17 bits per heavy atom. The van der Waals surface area contributed by atoms with E-state index in [1.165, 1.54) is 6.21 Å². The van der Waals surface area contributed by atoms with Gasteiger partial charge in [-0.15, -0.1) is 0 Å². The molecule has 176 valence electrons. The number of nitrogens with one attached hydrogen (secondary N) is 1. The zero-order valence-corrected chi connectivity index (χ0v) is 20.9. The molecule has 1 N–H and O–H groups in total. The van der Waals surface area contributed by atoms with E-state index in [4.69, 9.17) is 25.5 Å². The molecule has 1 heterocycles. The van der Waals surface area contributed by atoms with Crippen molar-refractivity contribution in [2.45, 2.75) is 13.5 Å². The van der Waals surface area contributed by atoms with Crippen LogP contribution in [-0.4, -0.2) is 18.7 Å². The molecular weight excluding hydrogens is 534 g/mol. The van der Waals surface area contributed by atoms with Gasteiger partial charge in [-0.1, -0.05) is 29.8 Å². The molecule has 3 aromatic carbocycles. The van der Waals surface area contributed by atoms with Gasteiger partial charge in [0.25, 0.3) is 0 Å². The number of hydrazone groups is 1. The second-order valence-electron chi connectivity index (χ2n) is 7.30. The van der Waals surface area contributed by atoms with Crippen molar-refractivity contribution in [2.24, 2.45) is 5.10 Å². The van der Waals surface area contributed by atoms with Crippen molar-refractivity contribution >= 4 is 50.6 Å². The lowest BCUT2D eigenvalue weighted by Gasteiger charge is -2.14. The van der Waals surface area contributed by atoms with Gasteiger partial charge in [-0.05, 0) is 65.3 Å². The molecule has 0 saturated carbocycles. The Morgan fingerprint density at radius 3 is 2.77 bits per heavy atom. The van der Waals surface area contributed by atoms with E-state index < -0.39 is 5.91 Å².